The highest BCUT2D eigenvalue weighted by Gasteiger charge is 2.26. The van der Waals surface area contributed by atoms with Crippen molar-refractivity contribution in [1.29, 1.82) is 0 Å². The maximum absolute atomic E-state index is 13.9. The Morgan fingerprint density at radius 2 is 2.05 bits per heavy atom. The zero-order valence-electron chi connectivity index (χ0n) is 12.7. The molecule has 0 fully saturated rings. The van der Waals surface area contributed by atoms with Crippen LogP contribution in [0.25, 0.3) is 0 Å². The molecule has 0 aliphatic rings. The van der Waals surface area contributed by atoms with Gasteiger partial charge in [0.25, 0.3) is 0 Å². The van der Waals surface area contributed by atoms with E-state index in [4.69, 9.17) is 4.74 Å². The van der Waals surface area contributed by atoms with E-state index >= 15 is 0 Å². The quantitative estimate of drug-likeness (QED) is 0.703. The first-order valence-corrected chi connectivity index (χ1v) is 8.42. The summed E-state index contributed by atoms with van der Waals surface area (Å²) in [7, 11) is -2.10. The molecule has 0 aliphatic carbocycles. The molecule has 0 heterocycles. The smallest absolute Gasteiger partial charge is 0.246 e. The SMILES string of the molecule is CCOCCN(CC)S(=O)(=O)c1cc(CNC)ccc1F. The number of benzene rings is 1. The number of sulfonamides is 1. The number of hydrogen-bond donors (Lipinski definition) is 1. The third-order valence-corrected chi connectivity index (χ3v) is 5.03. The molecule has 1 rings (SSSR count). The highest BCUT2D eigenvalue weighted by atomic mass is 32.2. The number of ether oxygens (including phenoxy) is 1. The Kier molecular flexibility index (Phi) is 7.24. The molecule has 21 heavy (non-hydrogen) atoms. The van der Waals surface area contributed by atoms with Crippen molar-refractivity contribution in [1.82, 2.24) is 9.62 Å². The van der Waals surface area contributed by atoms with Gasteiger partial charge in [-0.25, -0.2) is 12.8 Å². The van der Waals surface area contributed by atoms with Gasteiger partial charge < -0.3 is 10.1 Å². The number of halogens is 1. The Morgan fingerprint density at radius 3 is 2.62 bits per heavy atom. The van der Waals surface area contributed by atoms with Gasteiger partial charge in [0.05, 0.1) is 6.61 Å². The van der Waals surface area contributed by atoms with Crippen molar-refractivity contribution >= 4 is 10.0 Å². The van der Waals surface area contributed by atoms with E-state index in [9.17, 15) is 12.8 Å². The lowest BCUT2D eigenvalue weighted by molar-refractivity contribution is 0.135. The third-order valence-electron chi connectivity index (χ3n) is 3.04. The summed E-state index contributed by atoms with van der Waals surface area (Å²) >= 11 is 0. The number of rotatable bonds is 9. The van der Waals surface area contributed by atoms with Crippen molar-refractivity contribution in [2.45, 2.75) is 25.3 Å². The van der Waals surface area contributed by atoms with E-state index in [0.717, 1.165) is 5.56 Å². The van der Waals surface area contributed by atoms with Crippen LogP contribution in [-0.2, 0) is 21.3 Å². The van der Waals surface area contributed by atoms with E-state index in [1.54, 1.807) is 20.0 Å². The average Bonchev–Trinajstić information content (AvgIpc) is 2.45. The van der Waals surface area contributed by atoms with Crippen molar-refractivity contribution in [2.75, 3.05) is 33.4 Å². The van der Waals surface area contributed by atoms with Gasteiger partial charge in [0.2, 0.25) is 10.0 Å². The minimum Gasteiger partial charge on any atom is -0.380 e. The lowest BCUT2D eigenvalue weighted by Crippen LogP contribution is -2.34. The lowest BCUT2D eigenvalue weighted by Gasteiger charge is -2.21. The fourth-order valence-corrected chi connectivity index (χ4v) is 3.51. The third kappa shape index (κ3) is 4.74. The highest BCUT2D eigenvalue weighted by molar-refractivity contribution is 7.89. The molecule has 120 valence electrons. The van der Waals surface area contributed by atoms with E-state index in [1.165, 1.54) is 16.4 Å². The summed E-state index contributed by atoms with van der Waals surface area (Å²) in [5.41, 5.74) is 0.721. The van der Waals surface area contributed by atoms with Crippen LogP contribution >= 0.6 is 0 Å². The van der Waals surface area contributed by atoms with Crippen molar-refractivity contribution in [3.8, 4) is 0 Å². The van der Waals surface area contributed by atoms with Gasteiger partial charge in [-0.2, -0.15) is 4.31 Å². The van der Waals surface area contributed by atoms with Gasteiger partial charge in [-0.3, -0.25) is 0 Å². The zero-order valence-corrected chi connectivity index (χ0v) is 13.5. The summed E-state index contributed by atoms with van der Waals surface area (Å²) in [5, 5.41) is 2.92. The predicted octanol–water partition coefficient (Wildman–Crippen LogP) is 1.59. The van der Waals surface area contributed by atoms with Crippen LogP contribution in [-0.4, -0.2) is 46.1 Å². The summed E-state index contributed by atoms with van der Waals surface area (Å²) in [6.07, 6.45) is 0. The van der Waals surface area contributed by atoms with Gasteiger partial charge in [-0.05, 0) is 31.7 Å². The summed E-state index contributed by atoms with van der Waals surface area (Å²) in [4.78, 5) is -0.284. The van der Waals surface area contributed by atoms with E-state index in [0.29, 0.717) is 19.8 Å². The van der Waals surface area contributed by atoms with Gasteiger partial charge in [0.1, 0.15) is 10.7 Å². The second-order valence-electron chi connectivity index (χ2n) is 4.49. The van der Waals surface area contributed by atoms with E-state index in [-0.39, 0.29) is 18.0 Å². The molecule has 5 nitrogen and oxygen atoms in total. The Labute approximate surface area is 126 Å². The average molecular weight is 318 g/mol. The molecule has 0 aliphatic heterocycles. The Hall–Kier alpha value is -1.02. The van der Waals surface area contributed by atoms with Crippen LogP contribution in [0.3, 0.4) is 0 Å². The van der Waals surface area contributed by atoms with Crippen molar-refractivity contribution in [3.63, 3.8) is 0 Å². The van der Waals surface area contributed by atoms with Crippen LogP contribution in [0.4, 0.5) is 4.39 Å². The molecule has 7 heteroatoms. The molecule has 0 radical (unpaired) electrons. The lowest BCUT2D eigenvalue weighted by atomic mass is 10.2. The number of hydrogen-bond acceptors (Lipinski definition) is 4. The summed E-state index contributed by atoms with van der Waals surface area (Å²) < 4.78 is 45.4. The molecule has 1 N–H and O–H groups in total. The van der Waals surface area contributed by atoms with Gasteiger partial charge in [-0.1, -0.05) is 13.0 Å². The Morgan fingerprint density at radius 1 is 1.33 bits per heavy atom. The maximum atomic E-state index is 13.9. The van der Waals surface area contributed by atoms with E-state index in [1.807, 2.05) is 6.92 Å². The predicted molar refractivity (Wildman–Crippen MR) is 80.1 cm³/mol. The largest absolute Gasteiger partial charge is 0.380 e. The fourth-order valence-electron chi connectivity index (χ4n) is 1.96. The van der Waals surface area contributed by atoms with E-state index in [2.05, 4.69) is 5.32 Å². The topological polar surface area (TPSA) is 58.6 Å². The molecule has 0 spiro atoms. The zero-order chi connectivity index (χ0) is 15.9. The number of nitrogens with zero attached hydrogens (tertiary/aromatic N) is 1. The first-order chi connectivity index (χ1) is 9.97. The molecule has 0 atom stereocenters. The van der Waals surface area contributed by atoms with Crippen LogP contribution in [0.5, 0.6) is 0 Å². The van der Waals surface area contributed by atoms with Crippen molar-refractivity contribution in [2.24, 2.45) is 0 Å². The molecule has 0 bridgehead atoms. The second-order valence-corrected chi connectivity index (χ2v) is 6.40. The van der Waals surface area contributed by atoms with Crippen molar-refractivity contribution in [3.05, 3.63) is 29.6 Å². The van der Waals surface area contributed by atoms with E-state index < -0.39 is 15.8 Å². The number of nitrogens with one attached hydrogen (secondary N) is 1. The first-order valence-electron chi connectivity index (χ1n) is 6.98. The van der Waals surface area contributed by atoms with Crippen LogP contribution in [0.2, 0.25) is 0 Å². The molecule has 1 aromatic carbocycles. The molecular weight excluding hydrogens is 295 g/mol. The standard InChI is InChI=1S/C14H23FN2O3S/c1-4-17(8-9-20-5-2)21(18,19)14-10-12(11-16-3)6-7-13(14)15/h6-7,10,16H,4-5,8-9,11H2,1-3H3. The fraction of sp³-hybridized carbons (Fsp3) is 0.571. The maximum Gasteiger partial charge on any atom is 0.246 e. The van der Waals surface area contributed by atoms with Crippen LogP contribution < -0.4 is 5.32 Å². The molecule has 0 aromatic heterocycles. The molecule has 0 unspecified atom stereocenters. The monoisotopic (exact) mass is 318 g/mol. The van der Waals surface area contributed by atoms with Crippen LogP contribution in [0, 0.1) is 5.82 Å². The van der Waals surface area contributed by atoms with Crippen LogP contribution in [0.1, 0.15) is 19.4 Å². The normalized spacial score (nSPS) is 12.0. The minimum absolute atomic E-state index is 0.211. The highest BCUT2D eigenvalue weighted by Crippen LogP contribution is 2.20. The first kappa shape index (κ1) is 18.0. The van der Waals surface area contributed by atoms with Gasteiger partial charge >= 0.3 is 0 Å². The van der Waals surface area contributed by atoms with Gasteiger partial charge in [0.15, 0.2) is 0 Å². The molecule has 0 saturated heterocycles. The minimum atomic E-state index is -3.85. The van der Waals surface area contributed by atoms with Crippen molar-refractivity contribution < 1.29 is 17.5 Å². The second kappa shape index (κ2) is 8.43. The summed E-state index contributed by atoms with van der Waals surface area (Å²) in [6, 6.07) is 4.14. The van der Waals surface area contributed by atoms with Gasteiger partial charge in [-0.15, -0.1) is 0 Å². The molecular formula is C14H23FN2O3S. The Bertz CT molecular complexity index is 549. The molecule has 0 saturated carbocycles. The summed E-state index contributed by atoms with van der Waals surface area (Å²) in [6.45, 7) is 5.33. The molecule has 0 amide bonds. The van der Waals surface area contributed by atoms with Gasteiger partial charge in [0, 0.05) is 26.2 Å². The Balaban J connectivity index is 3.06. The summed E-state index contributed by atoms with van der Waals surface area (Å²) in [5.74, 6) is -0.732. The number of likely N-dealkylation sites (N-methyl/N-ethyl adjacent to an activating group) is 1. The molecule has 1 aromatic rings. The van der Waals surface area contributed by atoms with Crippen LogP contribution in [0.15, 0.2) is 23.1 Å².